The quantitative estimate of drug-likeness (QED) is 0.404. The molecular formula is C24H30ClN5O3. The molecule has 0 radical (unpaired) electrons. The molecule has 8 nitrogen and oxygen atoms in total. The highest BCUT2D eigenvalue weighted by Crippen LogP contribution is 2.34. The van der Waals surface area contributed by atoms with E-state index in [0.717, 1.165) is 37.6 Å². The Morgan fingerprint density at radius 2 is 2.15 bits per heavy atom. The number of aliphatic hydroxyl groups is 1. The average Bonchev–Trinajstić information content (AvgIpc) is 3.49. The number of piperidine rings is 1. The summed E-state index contributed by atoms with van der Waals surface area (Å²) in [6, 6.07) is 8.57. The van der Waals surface area contributed by atoms with Crippen LogP contribution in [-0.4, -0.2) is 46.3 Å². The minimum Gasteiger partial charge on any atom is -0.378 e. The van der Waals surface area contributed by atoms with E-state index in [4.69, 9.17) is 11.6 Å². The number of aliphatic hydroxyl groups excluding tert-OH is 1. The number of nitrogens with zero attached hydrogens (tertiary/aromatic N) is 1. The number of carbonyl (C=O) groups excluding carboxylic acids is 2. The maximum absolute atomic E-state index is 13.2. The summed E-state index contributed by atoms with van der Waals surface area (Å²) < 4.78 is 0. The van der Waals surface area contributed by atoms with Crippen LogP contribution in [0.25, 0.3) is 10.9 Å². The highest BCUT2D eigenvalue weighted by Gasteiger charge is 2.37. The van der Waals surface area contributed by atoms with E-state index in [1.807, 2.05) is 12.1 Å². The van der Waals surface area contributed by atoms with Crippen LogP contribution in [0, 0.1) is 23.2 Å². The van der Waals surface area contributed by atoms with Gasteiger partial charge in [0.15, 0.2) is 0 Å². The molecular weight excluding hydrogens is 442 g/mol. The summed E-state index contributed by atoms with van der Waals surface area (Å²) in [4.78, 5) is 29.2. The Labute approximate surface area is 198 Å². The molecule has 1 aliphatic carbocycles. The lowest BCUT2D eigenvalue weighted by Crippen LogP contribution is -2.56. The number of H-pyrrole nitrogens is 1. The number of fused-ring (bicyclic) bond motifs is 1. The van der Waals surface area contributed by atoms with Gasteiger partial charge < -0.3 is 20.7 Å². The molecule has 33 heavy (non-hydrogen) atoms. The van der Waals surface area contributed by atoms with Crippen LogP contribution in [0.5, 0.6) is 0 Å². The number of rotatable bonds is 8. The summed E-state index contributed by atoms with van der Waals surface area (Å²) in [5, 5.41) is 30.1. The Balaban J connectivity index is 1.46. The molecule has 4 unspecified atom stereocenters. The van der Waals surface area contributed by atoms with Gasteiger partial charge in [-0.25, -0.2) is 0 Å². The van der Waals surface area contributed by atoms with E-state index in [0.29, 0.717) is 35.0 Å². The number of hydrogen-bond acceptors (Lipinski definition) is 5. The molecule has 1 aromatic heterocycles. The SMILES string of the molecule is CC(C#N)(CC1CCCNC1O)NC(=O)C(CC1CC1)NC(=O)c1cc2cccc(Cl)c2[nH]1. The number of aromatic nitrogens is 1. The maximum atomic E-state index is 13.2. The summed E-state index contributed by atoms with van der Waals surface area (Å²) >= 11 is 6.21. The van der Waals surface area contributed by atoms with Gasteiger partial charge in [0, 0.05) is 11.3 Å². The van der Waals surface area contributed by atoms with Crippen molar-refractivity contribution in [2.45, 2.75) is 63.3 Å². The average molecular weight is 472 g/mol. The Morgan fingerprint density at radius 1 is 1.36 bits per heavy atom. The second-order valence-corrected chi connectivity index (χ2v) is 9.94. The minimum atomic E-state index is -1.15. The number of nitriles is 1. The van der Waals surface area contributed by atoms with Gasteiger partial charge in [0.2, 0.25) is 5.91 Å². The van der Waals surface area contributed by atoms with Crippen molar-refractivity contribution >= 4 is 34.3 Å². The van der Waals surface area contributed by atoms with Gasteiger partial charge >= 0.3 is 0 Å². The molecule has 176 valence electrons. The van der Waals surface area contributed by atoms with Crippen LogP contribution >= 0.6 is 11.6 Å². The molecule has 2 heterocycles. The topological polar surface area (TPSA) is 130 Å². The van der Waals surface area contributed by atoms with Crippen molar-refractivity contribution in [2.75, 3.05) is 6.54 Å². The molecule has 1 aliphatic heterocycles. The monoisotopic (exact) mass is 471 g/mol. The van der Waals surface area contributed by atoms with Crippen molar-refractivity contribution in [3.63, 3.8) is 0 Å². The highest BCUT2D eigenvalue weighted by atomic mass is 35.5. The maximum Gasteiger partial charge on any atom is 0.268 e. The first-order valence-corrected chi connectivity index (χ1v) is 11.9. The molecule has 5 N–H and O–H groups in total. The molecule has 2 aromatic rings. The van der Waals surface area contributed by atoms with Crippen molar-refractivity contribution < 1.29 is 14.7 Å². The Bertz CT molecular complexity index is 1080. The van der Waals surface area contributed by atoms with E-state index in [9.17, 15) is 20.0 Å². The van der Waals surface area contributed by atoms with Crippen LogP contribution in [0.4, 0.5) is 0 Å². The molecule has 1 aromatic carbocycles. The first-order chi connectivity index (χ1) is 15.8. The van der Waals surface area contributed by atoms with Gasteiger partial charge in [-0.2, -0.15) is 5.26 Å². The third kappa shape index (κ3) is 5.67. The van der Waals surface area contributed by atoms with Crippen LogP contribution in [0.3, 0.4) is 0 Å². The zero-order chi connectivity index (χ0) is 23.6. The number of aromatic amines is 1. The summed E-state index contributed by atoms with van der Waals surface area (Å²) in [7, 11) is 0. The van der Waals surface area contributed by atoms with E-state index < -0.39 is 23.7 Å². The lowest BCUT2D eigenvalue weighted by molar-refractivity contribution is -0.124. The van der Waals surface area contributed by atoms with Crippen molar-refractivity contribution in [3.05, 3.63) is 35.0 Å². The van der Waals surface area contributed by atoms with Crippen LogP contribution in [0.15, 0.2) is 24.3 Å². The lowest BCUT2D eigenvalue weighted by atomic mass is 9.84. The molecule has 4 atom stereocenters. The number of benzene rings is 1. The molecule has 9 heteroatoms. The first-order valence-electron chi connectivity index (χ1n) is 11.5. The predicted molar refractivity (Wildman–Crippen MR) is 125 cm³/mol. The van der Waals surface area contributed by atoms with Gasteiger partial charge in [-0.15, -0.1) is 0 Å². The smallest absolute Gasteiger partial charge is 0.268 e. The second kappa shape index (κ2) is 9.72. The zero-order valence-corrected chi connectivity index (χ0v) is 19.4. The molecule has 0 bridgehead atoms. The zero-order valence-electron chi connectivity index (χ0n) is 18.7. The van der Waals surface area contributed by atoms with Crippen molar-refractivity contribution in [2.24, 2.45) is 11.8 Å². The van der Waals surface area contributed by atoms with Gasteiger partial charge in [-0.3, -0.25) is 14.9 Å². The summed E-state index contributed by atoms with van der Waals surface area (Å²) in [6.07, 6.45) is 3.90. The standard InChI is InChI=1S/C24H30ClN5O3/c1-24(13-26,12-16-5-3-9-27-21(16)31)30-23(33)18(10-14-7-8-14)29-22(32)19-11-15-4-2-6-17(25)20(15)28-19/h2,4,6,11,14,16,18,21,27-28,31H,3,5,7-10,12H2,1H3,(H,29,32)(H,30,33). The van der Waals surface area contributed by atoms with E-state index >= 15 is 0 Å². The lowest BCUT2D eigenvalue weighted by Gasteiger charge is -2.35. The number of halogens is 1. The van der Waals surface area contributed by atoms with Gasteiger partial charge in [-0.1, -0.05) is 36.6 Å². The summed E-state index contributed by atoms with van der Waals surface area (Å²) in [5.41, 5.74) is -0.154. The van der Waals surface area contributed by atoms with E-state index in [1.54, 1.807) is 19.1 Å². The van der Waals surface area contributed by atoms with Crippen molar-refractivity contribution in [1.29, 1.82) is 5.26 Å². The summed E-state index contributed by atoms with van der Waals surface area (Å²) in [6.45, 7) is 2.41. The molecule has 4 rings (SSSR count). The van der Waals surface area contributed by atoms with Crippen LogP contribution in [0.1, 0.15) is 55.9 Å². The van der Waals surface area contributed by atoms with Crippen LogP contribution < -0.4 is 16.0 Å². The van der Waals surface area contributed by atoms with E-state index in [-0.39, 0.29) is 11.8 Å². The normalized spacial score (nSPS) is 23.3. The number of para-hydroxylation sites is 1. The second-order valence-electron chi connectivity index (χ2n) is 9.53. The van der Waals surface area contributed by atoms with Crippen molar-refractivity contribution in [1.82, 2.24) is 20.9 Å². The third-order valence-corrected chi connectivity index (χ3v) is 6.92. The first kappa shape index (κ1) is 23.6. The van der Waals surface area contributed by atoms with Gasteiger partial charge in [0.25, 0.3) is 5.91 Å². The minimum absolute atomic E-state index is 0.128. The Hall–Kier alpha value is -2.60. The van der Waals surface area contributed by atoms with E-state index in [1.165, 1.54) is 0 Å². The Kier molecular flexibility index (Phi) is 6.94. The molecule has 1 saturated heterocycles. The fourth-order valence-electron chi connectivity index (χ4n) is 4.56. The van der Waals surface area contributed by atoms with Crippen LogP contribution in [-0.2, 0) is 4.79 Å². The number of amides is 2. The fraction of sp³-hybridized carbons (Fsp3) is 0.542. The summed E-state index contributed by atoms with van der Waals surface area (Å²) in [5.74, 6) is -0.521. The number of hydrogen-bond donors (Lipinski definition) is 5. The fourth-order valence-corrected chi connectivity index (χ4v) is 4.79. The molecule has 2 fully saturated rings. The molecule has 2 amide bonds. The van der Waals surface area contributed by atoms with Crippen LogP contribution in [0.2, 0.25) is 5.02 Å². The predicted octanol–water partition coefficient (Wildman–Crippen LogP) is 2.83. The van der Waals surface area contributed by atoms with Gasteiger partial charge in [-0.05, 0) is 57.2 Å². The van der Waals surface area contributed by atoms with Gasteiger partial charge in [0.1, 0.15) is 23.5 Å². The number of nitrogens with one attached hydrogen (secondary N) is 4. The van der Waals surface area contributed by atoms with Gasteiger partial charge in [0.05, 0.1) is 16.6 Å². The molecule has 0 spiro atoms. The Morgan fingerprint density at radius 3 is 2.82 bits per heavy atom. The third-order valence-electron chi connectivity index (χ3n) is 6.61. The number of carbonyl (C=O) groups is 2. The molecule has 2 aliphatic rings. The highest BCUT2D eigenvalue weighted by molar-refractivity contribution is 6.35. The van der Waals surface area contributed by atoms with Crippen molar-refractivity contribution in [3.8, 4) is 6.07 Å². The largest absolute Gasteiger partial charge is 0.378 e. The molecule has 1 saturated carbocycles. The van der Waals surface area contributed by atoms with E-state index in [2.05, 4.69) is 27.0 Å².